The summed E-state index contributed by atoms with van der Waals surface area (Å²) in [4.78, 5) is 14.8. The van der Waals surface area contributed by atoms with Crippen molar-refractivity contribution in [1.29, 1.82) is 0 Å². The zero-order valence-electron chi connectivity index (χ0n) is 18.2. The van der Waals surface area contributed by atoms with Crippen LogP contribution < -0.4 is 4.74 Å². The van der Waals surface area contributed by atoms with Crippen LogP contribution in [0.1, 0.15) is 28.7 Å². The monoisotopic (exact) mass is 461 g/mol. The first-order valence-corrected chi connectivity index (χ1v) is 11.5. The molecule has 2 atom stereocenters. The Morgan fingerprint density at radius 3 is 2.91 bits per heavy atom. The summed E-state index contributed by atoms with van der Waals surface area (Å²) in [5, 5.41) is 12.0. The molecule has 4 heterocycles. The number of aromatic amines is 1. The van der Waals surface area contributed by atoms with Gasteiger partial charge in [0.1, 0.15) is 24.3 Å². The number of benzene rings is 2. The fourth-order valence-corrected chi connectivity index (χ4v) is 5.00. The third-order valence-corrected chi connectivity index (χ3v) is 6.88. The maximum atomic E-state index is 11.3. The molecular formula is C25H24ClN5O2. The van der Waals surface area contributed by atoms with E-state index in [1.54, 1.807) is 6.33 Å². The summed E-state index contributed by atoms with van der Waals surface area (Å²) in [6.07, 6.45) is 3.91. The molecule has 2 aliphatic heterocycles. The zero-order valence-corrected chi connectivity index (χ0v) is 19.0. The number of aromatic nitrogens is 4. The Hall–Kier alpha value is -3.13. The summed E-state index contributed by atoms with van der Waals surface area (Å²) in [5.74, 6) is 1.53. The highest BCUT2D eigenvalue weighted by Gasteiger charge is 2.36. The van der Waals surface area contributed by atoms with Gasteiger partial charge in [0.2, 0.25) is 0 Å². The van der Waals surface area contributed by atoms with Crippen LogP contribution in [0.5, 0.6) is 5.75 Å². The smallest absolute Gasteiger partial charge is 0.139 e. The van der Waals surface area contributed by atoms with Gasteiger partial charge in [-0.3, -0.25) is 4.90 Å². The summed E-state index contributed by atoms with van der Waals surface area (Å²) < 4.78 is 8.02. The van der Waals surface area contributed by atoms with Gasteiger partial charge in [-0.05, 0) is 37.3 Å². The van der Waals surface area contributed by atoms with Gasteiger partial charge in [-0.15, -0.1) is 0 Å². The molecule has 168 valence electrons. The van der Waals surface area contributed by atoms with E-state index in [1.165, 1.54) is 0 Å². The fraction of sp³-hybridized carbons (Fsp3) is 0.280. The highest BCUT2D eigenvalue weighted by atomic mass is 35.5. The lowest BCUT2D eigenvalue weighted by molar-refractivity contribution is -0.00351. The summed E-state index contributed by atoms with van der Waals surface area (Å²) in [5.41, 5.74) is 5.74. The second-order valence-electron chi connectivity index (χ2n) is 8.68. The Bertz CT molecular complexity index is 1330. The minimum absolute atomic E-state index is 0.141. The predicted molar refractivity (Wildman–Crippen MR) is 126 cm³/mol. The molecule has 2 N–H and O–H groups in total. The van der Waals surface area contributed by atoms with E-state index in [9.17, 15) is 5.11 Å². The van der Waals surface area contributed by atoms with Gasteiger partial charge in [0, 0.05) is 42.5 Å². The molecule has 0 radical (unpaired) electrons. The largest absolute Gasteiger partial charge is 0.491 e. The van der Waals surface area contributed by atoms with Gasteiger partial charge in [0.15, 0.2) is 0 Å². The number of fused-ring (bicyclic) bond motifs is 2. The topological polar surface area (TPSA) is 79.2 Å². The average Bonchev–Trinajstić information content (AvgIpc) is 3.45. The molecule has 0 saturated heterocycles. The van der Waals surface area contributed by atoms with Gasteiger partial charge < -0.3 is 19.4 Å². The molecule has 4 aromatic rings. The first kappa shape index (κ1) is 20.5. The Morgan fingerprint density at radius 1 is 1.21 bits per heavy atom. The third-order valence-electron chi connectivity index (χ3n) is 6.56. The van der Waals surface area contributed by atoms with Crippen LogP contribution >= 0.6 is 11.6 Å². The molecule has 2 aromatic carbocycles. The third kappa shape index (κ3) is 3.62. The first-order chi connectivity index (χ1) is 16.1. The van der Waals surface area contributed by atoms with Crippen LogP contribution in [0.2, 0.25) is 5.02 Å². The van der Waals surface area contributed by atoms with E-state index in [1.807, 2.05) is 60.2 Å². The zero-order chi connectivity index (χ0) is 22.5. The maximum absolute atomic E-state index is 11.3. The van der Waals surface area contributed by atoms with Crippen molar-refractivity contribution in [1.82, 2.24) is 24.4 Å². The Labute approximate surface area is 196 Å². The standard InChI is InChI=1S/C25H24ClN5O2/c1-15-11-31(14-27-15)16-6-7-23-18(10-16)24(32)22(13-33-23)30-9-8-20-21(12-30)29-25(28-20)17-4-2-3-5-19(17)26/h2-7,10-11,14,22,24,32H,8-9,12-13H2,1H3,(H,28,29)/t22-,24-/m0/s1. The number of hydrogen-bond acceptors (Lipinski definition) is 5. The Kier molecular flexibility index (Phi) is 4.98. The van der Waals surface area contributed by atoms with E-state index in [0.29, 0.717) is 18.2 Å². The van der Waals surface area contributed by atoms with Crippen LogP contribution in [-0.2, 0) is 13.0 Å². The quantitative estimate of drug-likeness (QED) is 0.480. The van der Waals surface area contributed by atoms with Gasteiger partial charge >= 0.3 is 0 Å². The second kappa shape index (κ2) is 8.02. The molecule has 0 spiro atoms. The maximum Gasteiger partial charge on any atom is 0.139 e. The minimum atomic E-state index is -0.647. The predicted octanol–water partition coefficient (Wildman–Crippen LogP) is 4.08. The van der Waals surface area contributed by atoms with Gasteiger partial charge in [-0.2, -0.15) is 0 Å². The summed E-state index contributed by atoms with van der Waals surface area (Å²) in [6, 6.07) is 13.5. The highest BCUT2D eigenvalue weighted by Crippen LogP contribution is 2.37. The number of aliphatic hydroxyl groups is 1. The highest BCUT2D eigenvalue weighted by molar-refractivity contribution is 6.33. The van der Waals surface area contributed by atoms with Crippen molar-refractivity contribution < 1.29 is 9.84 Å². The number of H-pyrrole nitrogens is 1. The molecule has 2 aliphatic rings. The van der Waals surface area contributed by atoms with Crippen LogP contribution in [0.25, 0.3) is 17.1 Å². The number of aliphatic hydroxyl groups excluding tert-OH is 1. The number of hydrogen-bond donors (Lipinski definition) is 2. The normalized spacial score (nSPS) is 20.2. The average molecular weight is 462 g/mol. The Morgan fingerprint density at radius 2 is 2.09 bits per heavy atom. The Balaban J connectivity index is 1.25. The van der Waals surface area contributed by atoms with Crippen LogP contribution in [0.4, 0.5) is 0 Å². The number of nitrogens with zero attached hydrogens (tertiary/aromatic N) is 4. The van der Waals surface area contributed by atoms with Crippen molar-refractivity contribution in [2.75, 3.05) is 13.2 Å². The fourth-order valence-electron chi connectivity index (χ4n) is 4.78. The van der Waals surface area contributed by atoms with Crippen molar-refractivity contribution >= 4 is 11.6 Å². The number of halogens is 1. The number of rotatable bonds is 3. The van der Waals surface area contributed by atoms with Crippen molar-refractivity contribution in [3.05, 3.63) is 82.7 Å². The van der Waals surface area contributed by atoms with Crippen molar-refractivity contribution in [2.24, 2.45) is 0 Å². The van der Waals surface area contributed by atoms with E-state index < -0.39 is 6.10 Å². The van der Waals surface area contributed by atoms with Gasteiger partial charge in [-0.1, -0.05) is 23.7 Å². The number of ether oxygens (including phenoxy) is 1. The molecule has 0 saturated carbocycles. The molecule has 0 bridgehead atoms. The van der Waals surface area contributed by atoms with Gasteiger partial charge in [0.25, 0.3) is 0 Å². The second-order valence-corrected chi connectivity index (χ2v) is 9.09. The van der Waals surface area contributed by atoms with E-state index in [-0.39, 0.29) is 6.04 Å². The van der Waals surface area contributed by atoms with Crippen LogP contribution in [0, 0.1) is 6.92 Å². The molecule has 7 nitrogen and oxygen atoms in total. The lowest BCUT2D eigenvalue weighted by Gasteiger charge is -2.39. The molecule has 0 unspecified atom stereocenters. The van der Waals surface area contributed by atoms with E-state index >= 15 is 0 Å². The molecule has 33 heavy (non-hydrogen) atoms. The van der Waals surface area contributed by atoms with E-state index in [4.69, 9.17) is 21.3 Å². The molecule has 0 amide bonds. The summed E-state index contributed by atoms with van der Waals surface area (Å²) in [6.45, 7) is 3.88. The van der Waals surface area contributed by atoms with Gasteiger partial charge in [0.05, 0.1) is 34.5 Å². The first-order valence-electron chi connectivity index (χ1n) is 11.1. The number of imidazole rings is 2. The molecule has 0 fully saturated rings. The lowest BCUT2D eigenvalue weighted by atomic mass is 9.95. The molecule has 8 heteroatoms. The van der Waals surface area contributed by atoms with Crippen molar-refractivity contribution in [2.45, 2.75) is 32.0 Å². The van der Waals surface area contributed by atoms with Crippen molar-refractivity contribution in [3.8, 4) is 22.8 Å². The molecule has 2 aromatic heterocycles. The number of aryl methyl sites for hydroxylation is 1. The van der Waals surface area contributed by atoms with E-state index in [2.05, 4.69) is 14.9 Å². The van der Waals surface area contributed by atoms with Gasteiger partial charge in [-0.25, -0.2) is 9.97 Å². The van der Waals surface area contributed by atoms with Crippen LogP contribution in [0.3, 0.4) is 0 Å². The molecule has 0 aliphatic carbocycles. The SMILES string of the molecule is Cc1cn(-c2ccc3c(c2)[C@H](O)[C@@H](N2CCc4nc(-c5ccccc5Cl)[nH]c4C2)CO3)cn1. The lowest BCUT2D eigenvalue weighted by Crippen LogP contribution is -2.48. The van der Waals surface area contributed by atoms with Crippen LogP contribution in [0.15, 0.2) is 55.0 Å². The van der Waals surface area contributed by atoms with E-state index in [0.717, 1.165) is 58.4 Å². The minimum Gasteiger partial charge on any atom is -0.491 e. The summed E-state index contributed by atoms with van der Waals surface area (Å²) >= 11 is 6.37. The van der Waals surface area contributed by atoms with Crippen molar-refractivity contribution in [3.63, 3.8) is 0 Å². The molecular weight excluding hydrogens is 438 g/mol. The van der Waals surface area contributed by atoms with Crippen LogP contribution in [-0.4, -0.2) is 48.7 Å². The number of nitrogens with one attached hydrogen (secondary N) is 1. The summed E-state index contributed by atoms with van der Waals surface area (Å²) in [7, 11) is 0. The molecule has 6 rings (SSSR count).